The lowest BCUT2D eigenvalue weighted by Crippen LogP contribution is -2.40. The quantitative estimate of drug-likeness (QED) is 0.722. The van der Waals surface area contributed by atoms with Crippen molar-refractivity contribution in [2.24, 2.45) is 0 Å². The predicted molar refractivity (Wildman–Crippen MR) is 53.0 cm³/mol. The molecule has 13 heavy (non-hydrogen) atoms. The van der Waals surface area contributed by atoms with Crippen LogP contribution < -0.4 is 5.32 Å². The van der Waals surface area contributed by atoms with E-state index in [2.05, 4.69) is 36.1 Å². The molecule has 1 aliphatic rings. The highest BCUT2D eigenvalue weighted by atomic mass is 15.0. The molecule has 2 rings (SSSR count). The minimum atomic E-state index is 0.500. The maximum Gasteiger partial charge on any atom is 0.109 e. The van der Waals surface area contributed by atoms with Gasteiger partial charge in [0.15, 0.2) is 0 Å². The molecule has 2 heterocycles. The van der Waals surface area contributed by atoms with Crippen LogP contribution in [-0.2, 0) is 0 Å². The first-order valence-electron chi connectivity index (χ1n) is 4.95. The Morgan fingerprint density at radius 2 is 2.08 bits per heavy atom. The molecule has 0 spiro atoms. The number of aromatic amines is 1. The van der Waals surface area contributed by atoms with Gasteiger partial charge in [-0.2, -0.15) is 0 Å². The summed E-state index contributed by atoms with van der Waals surface area (Å²) in [5.74, 6) is 2.27. The van der Waals surface area contributed by atoms with Gasteiger partial charge in [-0.1, -0.05) is 13.8 Å². The maximum absolute atomic E-state index is 4.64. The topological polar surface area (TPSA) is 40.7 Å². The van der Waals surface area contributed by atoms with E-state index in [-0.39, 0.29) is 0 Å². The molecule has 0 bridgehead atoms. The molecule has 1 aromatic heterocycles. The van der Waals surface area contributed by atoms with Gasteiger partial charge in [0.2, 0.25) is 0 Å². The fraction of sp³-hybridized carbons (Fsp3) is 0.700. The summed E-state index contributed by atoms with van der Waals surface area (Å²) >= 11 is 0. The van der Waals surface area contributed by atoms with Gasteiger partial charge in [-0.3, -0.25) is 0 Å². The summed E-state index contributed by atoms with van der Waals surface area (Å²) in [7, 11) is 0. The molecule has 0 amide bonds. The number of aryl methyl sites for hydroxylation is 1. The zero-order valence-electron chi connectivity index (χ0n) is 8.52. The monoisotopic (exact) mass is 179 g/mol. The summed E-state index contributed by atoms with van der Waals surface area (Å²) in [5.41, 5.74) is 2.51. The van der Waals surface area contributed by atoms with Crippen molar-refractivity contribution in [3.8, 4) is 0 Å². The van der Waals surface area contributed by atoms with Crippen LogP contribution in [0.1, 0.15) is 42.9 Å². The predicted octanol–water partition coefficient (Wildman–Crippen LogP) is 1.53. The molecule has 0 saturated carbocycles. The minimum Gasteiger partial charge on any atom is -0.346 e. The highest BCUT2D eigenvalue weighted by molar-refractivity contribution is 5.21. The van der Waals surface area contributed by atoms with Crippen LogP contribution in [0.2, 0.25) is 0 Å². The SMILES string of the molecule is Cc1[nH]c(C(C)C)nc1C1CNC1. The number of H-pyrrole nitrogens is 1. The third-order valence-electron chi connectivity index (χ3n) is 2.66. The van der Waals surface area contributed by atoms with Crippen LogP contribution in [-0.4, -0.2) is 23.1 Å². The van der Waals surface area contributed by atoms with Crippen molar-refractivity contribution in [1.82, 2.24) is 15.3 Å². The molecule has 2 N–H and O–H groups in total. The van der Waals surface area contributed by atoms with E-state index in [9.17, 15) is 0 Å². The van der Waals surface area contributed by atoms with Crippen molar-refractivity contribution in [1.29, 1.82) is 0 Å². The fourth-order valence-corrected chi connectivity index (χ4v) is 1.65. The molecule has 0 radical (unpaired) electrons. The first-order chi connectivity index (χ1) is 6.18. The largest absolute Gasteiger partial charge is 0.346 e. The molecule has 0 aromatic carbocycles. The number of hydrogen-bond donors (Lipinski definition) is 2. The lowest BCUT2D eigenvalue weighted by atomic mass is 9.98. The van der Waals surface area contributed by atoms with E-state index >= 15 is 0 Å². The van der Waals surface area contributed by atoms with Crippen LogP contribution in [0.4, 0.5) is 0 Å². The second-order valence-corrected chi connectivity index (χ2v) is 4.14. The molecule has 1 aliphatic heterocycles. The molecule has 0 atom stereocenters. The number of aromatic nitrogens is 2. The van der Waals surface area contributed by atoms with E-state index in [0.29, 0.717) is 11.8 Å². The first kappa shape index (κ1) is 8.75. The van der Waals surface area contributed by atoms with E-state index in [1.807, 2.05) is 0 Å². The third-order valence-corrected chi connectivity index (χ3v) is 2.66. The van der Waals surface area contributed by atoms with Gasteiger partial charge < -0.3 is 10.3 Å². The molecule has 0 aliphatic carbocycles. The van der Waals surface area contributed by atoms with Gasteiger partial charge in [-0.25, -0.2) is 4.98 Å². The Kier molecular flexibility index (Phi) is 2.12. The van der Waals surface area contributed by atoms with Gasteiger partial charge in [-0.15, -0.1) is 0 Å². The van der Waals surface area contributed by atoms with Crippen LogP contribution in [0.5, 0.6) is 0 Å². The molecule has 3 heteroatoms. The highest BCUT2D eigenvalue weighted by Crippen LogP contribution is 2.23. The average Bonchev–Trinajstić information content (AvgIpc) is 2.29. The Labute approximate surface area is 79.0 Å². The van der Waals surface area contributed by atoms with Crippen LogP contribution in [0.25, 0.3) is 0 Å². The van der Waals surface area contributed by atoms with Gasteiger partial charge in [0, 0.05) is 30.6 Å². The van der Waals surface area contributed by atoms with Crippen LogP contribution in [0.3, 0.4) is 0 Å². The molecule has 1 fully saturated rings. The van der Waals surface area contributed by atoms with Gasteiger partial charge in [0.1, 0.15) is 5.82 Å². The number of imidazole rings is 1. The van der Waals surface area contributed by atoms with E-state index in [1.54, 1.807) is 0 Å². The Morgan fingerprint density at radius 3 is 2.46 bits per heavy atom. The molecular formula is C10H17N3. The van der Waals surface area contributed by atoms with Crippen molar-refractivity contribution < 1.29 is 0 Å². The van der Waals surface area contributed by atoms with Crippen LogP contribution in [0, 0.1) is 6.92 Å². The maximum atomic E-state index is 4.64. The van der Waals surface area contributed by atoms with Crippen molar-refractivity contribution in [3.63, 3.8) is 0 Å². The Bertz CT molecular complexity index is 297. The lowest BCUT2D eigenvalue weighted by Gasteiger charge is -2.25. The Hall–Kier alpha value is -0.830. The number of rotatable bonds is 2. The summed E-state index contributed by atoms with van der Waals surface area (Å²) in [6, 6.07) is 0. The Balaban J connectivity index is 2.24. The van der Waals surface area contributed by atoms with Crippen molar-refractivity contribution in [2.75, 3.05) is 13.1 Å². The molecule has 72 valence electrons. The van der Waals surface area contributed by atoms with Gasteiger partial charge in [0.05, 0.1) is 5.69 Å². The second-order valence-electron chi connectivity index (χ2n) is 4.14. The summed E-state index contributed by atoms with van der Waals surface area (Å²) in [4.78, 5) is 7.99. The van der Waals surface area contributed by atoms with Crippen LogP contribution in [0.15, 0.2) is 0 Å². The van der Waals surface area contributed by atoms with Crippen molar-refractivity contribution in [2.45, 2.75) is 32.6 Å². The van der Waals surface area contributed by atoms with Gasteiger partial charge in [-0.05, 0) is 6.92 Å². The first-order valence-corrected chi connectivity index (χ1v) is 4.95. The van der Waals surface area contributed by atoms with E-state index < -0.39 is 0 Å². The van der Waals surface area contributed by atoms with Crippen LogP contribution >= 0.6 is 0 Å². The summed E-state index contributed by atoms with van der Waals surface area (Å²) in [6.45, 7) is 8.63. The standard InChI is InChI=1S/C10H17N3/c1-6(2)10-12-7(3)9(13-10)8-4-11-5-8/h6,8,11H,4-5H2,1-3H3,(H,12,13). The molecular weight excluding hydrogens is 162 g/mol. The van der Waals surface area contributed by atoms with Crippen molar-refractivity contribution >= 4 is 0 Å². The normalized spacial score (nSPS) is 17.8. The summed E-state index contributed by atoms with van der Waals surface area (Å²) < 4.78 is 0. The molecule has 3 nitrogen and oxygen atoms in total. The smallest absolute Gasteiger partial charge is 0.109 e. The number of hydrogen-bond acceptors (Lipinski definition) is 2. The zero-order chi connectivity index (χ0) is 9.42. The molecule has 0 unspecified atom stereocenters. The molecule has 1 aromatic rings. The summed E-state index contributed by atoms with van der Waals surface area (Å²) in [6.07, 6.45) is 0. The Morgan fingerprint density at radius 1 is 1.38 bits per heavy atom. The zero-order valence-corrected chi connectivity index (χ0v) is 8.52. The average molecular weight is 179 g/mol. The number of nitrogens with zero attached hydrogens (tertiary/aromatic N) is 1. The van der Waals surface area contributed by atoms with E-state index in [1.165, 1.54) is 11.4 Å². The fourth-order valence-electron chi connectivity index (χ4n) is 1.65. The third kappa shape index (κ3) is 1.48. The van der Waals surface area contributed by atoms with E-state index in [0.717, 1.165) is 18.9 Å². The highest BCUT2D eigenvalue weighted by Gasteiger charge is 2.24. The molecule has 1 saturated heterocycles. The van der Waals surface area contributed by atoms with Crippen molar-refractivity contribution in [3.05, 3.63) is 17.2 Å². The van der Waals surface area contributed by atoms with E-state index in [4.69, 9.17) is 0 Å². The van der Waals surface area contributed by atoms with Gasteiger partial charge in [0.25, 0.3) is 0 Å². The minimum absolute atomic E-state index is 0.500. The summed E-state index contributed by atoms with van der Waals surface area (Å²) in [5, 5.41) is 3.27. The lowest BCUT2D eigenvalue weighted by molar-refractivity contribution is 0.439. The second kappa shape index (κ2) is 3.14. The van der Waals surface area contributed by atoms with Gasteiger partial charge >= 0.3 is 0 Å². The number of nitrogens with one attached hydrogen (secondary N) is 2.